The monoisotopic (exact) mass is 387 g/mol. The number of alkyl halides is 1. The van der Waals surface area contributed by atoms with Gasteiger partial charge in [0.05, 0.1) is 27.8 Å². The van der Waals surface area contributed by atoms with Crippen molar-refractivity contribution in [2.75, 3.05) is 11.5 Å². The second-order valence-corrected chi connectivity index (χ2v) is 9.50. The summed E-state index contributed by atoms with van der Waals surface area (Å²) in [7, 11) is -7.08. The summed E-state index contributed by atoms with van der Waals surface area (Å²) in [5.41, 5.74) is 0. The van der Waals surface area contributed by atoms with Gasteiger partial charge >= 0.3 is 0 Å². The molecule has 1 aliphatic rings. The van der Waals surface area contributed by atoms with Gasteiger partial charge in [-0.2, -0.15) is 0 Å². The maximum atomic E-state index is 12.2. The Morgan fingerprint density at radius 3 is 2.42 bits per heavy atom. The van der Waals surface area contributed by atoms with Crippen LogP contribution >= 0.6 is 27.5 Å². The molecule has 1 heterocycles. The Bertz CT molecular complexity index is 689. The van der Waals surface area contributed by atoms with Gasteiger partial charge in [-0.05, 0) is 28.1 Å². The van der Waals surface area contributed by atoms with Gasteiger partial charge in [0, 0.05) is 4.47 Å². The highest BCUT2D eigenvalue weighted by Crippen LogP contribution is 2.24. The first-order valence-electron chi connectivity index (χ1n) is 5.33. The Balaban J connectivity index is 2.27. The summed E-state index contributed by atoms with van der Waals surface area (Å²) in [4.78, 5) is 0.0585. The van der Waals surface area contributed by atoms with Crippen molar-refractivity contribution in [2.45, 2.75) is 16.3 Å². The average molecular weight is 389 g/mol. The van der Waals surface area contributed by atoms with E-state index in [9.17, 15) is 16.8 Å². The fourth-order valence-corrected chi connectivity index (χ4v) is 6.85. The van der Waals surface area contributed by atoms with Gasteiger partial charge < -0.3 is 0 Å². The molecule has 106 valence electrons. The first kappa shape index (κ1) is 15.2. The fraction of sp³-hybridized carbons (Fsp3) is 0.400. The number of hydrogen-bond donors (Lipinski definition) is 1. The number of hydrogen-bond acceptors (Lipinski definition) is 4. The van der Waals surface area contributed by atoms with Gasteiger partial charge in [0.15, 0.2) is 9.84 Å². The van der Waals surface area contributed by atoms with Crippen LogP contribution in [0.5, 0.6) is 0 Å². The van der Waals surface area contributed by atoms with Gasteiger partial charge in [0.1, 0.15) is 0 Å². The van der Waals surface area contributed by atoms with E-state index in [1.165, 1.54) is 6.07 Å². The van der Waals surface area contributed by atoms with Crippen molar-refractivity contribution in [1.29, 1.82) is 0 Å². The van der Waals surface area contributed by atoms with Crippen molar-refractivity contribution in [2.24, 2.45) is 0 Å². The normalized spacial score (nSPS) is 26.4. The molecule has 0 radical (unpaired) electrons. The van der Waals surface area contributed by atoms with E-state index < -0.39 is 31.3 Å². The molecular formula is C10H11BrClNO4S2. The summed E-state index contributed by atoms with van der Waals surface area (Å²) in [6.45, 7) is 0. The van der Waals surface area contributed by atoms with E-state index in [1.54, 1.807) is 18.2 Å². The van der Waals surface area contributed by atoms with E-state index >= 15 is 0 Å². The maximum Gasteiger partial charge on any atom is 0.242 e. The summed E-state index contributed by atoms with van der Waals surface area (Å²) in [6.07, 6.45) is 0. The lowest BCUT2D eigenvalue weighted by atomic mass is 10.3. The maximum absolute atomic E-state index is 12.2. The third-order valence-electron chi connectivity index (χ3n) is 2.72. The van der Waals surface area contributed by atoms with Crippen LogP contribution in [0.3, 0.4) is 0 Å². The number of nitrogens with one attached hydrogen (secondary N) is 1. The Hall–Kier alpha value is -0.150. The third-order valence-corrected chi connectivity index (χ3v) is 7.59. The summed E-state index contributed by atoms with van der Waals surface area (Å²) < 4.78 is 49.9. The molecule has 1 aliphatic heterocycles. The summed E-state index contributed by atoms with van der Waals surface area (Å²) >= 11 is 9.03. The molecule has 0 aromatic heterocycles. The topological polar surface area (TPSA) is 80.3 Å². The van der Waals surface area contributed by atoms with Gasteiger partial charge in [-0.1, -0.05) is 12.1 Å². The predicted octanol–water partition coefficient (Wildman–Crippen LogP) is 1.13. The summed E-state index contributed by atoms with van der Waals surface area (Å²) in [5.74, 6) is -0.484. The quantitative estimate of drug-likeness (QED) is 0.787. The van der Waals surface area contributed by atoms with Crippen molar-refractivity contribution < 1.29 is 16.8 Å². The van der Waals surface area contributed by atoms with Crippen molar-refractivity contribution in [3.63, 3.8) is 0 Å². The SMILES string of the molecule is O=S1(=O)CC(Cl)C(NS(=O)(=O)c2ccccc2Br)C1. The van der Waals surface area contributed by atoms with Crippen LogP contribution < -0.4 is 4.72 Å². The van der Waals surface area contributed by atoms with Crippen LogP contribution in [0.1, 0.15) is 0 Å². The first-order valence-corrected chi connectivity index (χ1v) is 9.86. The lowest BCUT2D eigenvalue weighted by Gasteiger charge is -2.15. The van der Waals surface area contributed by atoms with Gasteiger partial charge in [0.25, 0.3) is 0 Å². The molecule has 0 spiro atoms. The fourth-order valence-electron chi connectivity index (χ4n) is 1.84. The number of benzene rings is 1. The molecule has 0 bridgehead atoms. The predicted molar refractivity (Wildman–Crippen MR) is 76.5 cm³/mol. The molecule has 1 aromatic carbocycles. The number of sulfone groups is 1. The van der Waals surface area contributed by atoms with Crippen LogP contribution in [0.25, 0.3) is 0 Å². The molecule has 0 aliphatic carbocycles. The highest BCUT2D eigenvalue weighted by molar-refractivity contribution is 9.10. The molecule has 1 saturated heterocycles. The highest BCUT2D eigenvalue weighted by Gasteiger charge is 2.39. The molecule has 9 heteroatoms. The number of halogens is 2. The lowest BCUT2D eigenvalue weighted by molar-refractivity contribution is 0.563. The zero-order chi connectivity index (χ0) is 14.3. The first-order chi connectivity index (χ1) is 8.71. The van der Waals surface area contributed by atoms with E-state index in [2.05, 4.69) is 20.7 Å². The molecule has 2 unspecified atom stereocenters. The van der Waals surface area contributed by atoms with E-state index in [0.29, 0.717) is 4.47 Å². The molecule has 19 heavy (non-hydrogen) atoms. The van der Waals surface area contributed by atoms with Crippen LogP contribution in [0.4, 0.5) is 0 Å². The smallest absolute Gasteiger partial charge is 0.229 e. The van der Waals surface area contributed by atoms with Crippen molar-refractivity contribution in [3.8, 4) is 0 Å². The minimum atomic E-state index is -3.80. The summed E-state index contributed by atoms with van der Waals surface area (Å²) in [6, 6.07) is 5.50. The van der Waals surface area contributed by atoms with Gasteiger partial charge in [-0.15, -0.1) is 11.6 Å². The standard InChI is InChI=1S/C10H11BrClNO4S2/c11-7-3-1-2-4-10(7)19(16,17)13-9-6-18(14,15)5-8(9)12/h1-4,8-9,13H,5-6H2. The van der Waals surface area contributed by atoms with E-state index in [0.717, 1.165) is 0 Å². The second kappa shape index (κ2) is 5.33. The van der Waals surface area contributed by atoms with E-state index in [4.69, 9.17) is 11.6 Å². The zero-order valence-corrected chi connectivity index (χ0v) is 13.6. The third kappa shape index (κ3) is 3.49. The molecular weight excluding hydrogens is 378 g/mol. The van der Waals surface area contributed by atoms with Crippen LogP contribution in [0.2, 0.25) is 0 Å². The molecule has 1 N–H and O–H groups in total. The van der Waals surface area contributed by atoms with E-state index in [1.807, 2.05) is 0 Å². The van der Waals surface area contributed by atoms with Gasteiger partial charge in [0.2, 0.25) is 10.0 Å². The van der Waals surface area contributed by atoms with E-state index in [-0.39, 0.29) is 16.4 Å². The van der Waals surface area contributed by atoms with Gasteiger partial charge in [-0.25, -0.2) is 21.6 Å². The zero-order valence-electron chi connectivity index (χ0n) is 9.58. The Morgan fingerprint density at radius 1 is 1.26 bits per heavy atom. The van der Waals surface area contributed by atoms with Crippen molar-refractivity contribution >= 4 is 47.4 Å². The Morgan fingerprint density at radius 2 is 1.89 bits per heavy atom. The molecule has 2 rings (SSSR count). The Kier molecular flexibility index (Phi) is 4.27. The average Bonchev–Trinajstić information content (AvgIpc) is 2.51. The largest absolute Gasteiger partial charge is 0.242 e. The van der Waals surface area contributed by atoms with Crippen molar-refractivity contribution in [3.05, 3.63) is 28.7 Å². The van der Waals surface area contributed by atoms with Crippen LogP contribution in [-0.4, -0.2) is 39.8 Å². The van der Waals surface area contributed by atoms with Crippen molar-refractivity contribution in [1.82, 2.24) is 4.72 Å². The molecule has 1 aromatic rings. The molecule has 5 nitrogen and oxygen atoms in total. The van der Waals surface area contributed by atoms with Gasteiger partial charge in [-0.3, -0.25) is 0 Å². The molecule has 1 fully saturated rings. The van der Waals surface area contributed by atoms with Crippen LogP contribution in [0.15, 0.2) is 33.6 Å². The lowest BCUT2D eigenvalue weighted by Crippen LogP contribution is -2.40. The summed E-state index contributed by atoms with van der Waals surface area (Å²) in [5, 5.41) is -0.748. The highest BCUT2D eigenvalue weighted by atomic mass is 79.9. The molecule has 0 saturated carbocycles. The number of sulfonamides is 1. The van der Waals surface area contributed by atoms with Crippen LogP contribution in [0, 0.1) is 0 Å². The minimum Gasteiger partial charge on any atom is -0.229 e. The molecule has 0 amide bonds. The molecule has 2 atom stereocenters. The second-order valence-electron chi connectivity index (χ2n) is 4.25. The Labute approximate surface area is 125 Å². The minimum absolute atomic E-state index is 0.0585. The van der Waals surface area contributed by atoms with Crippen LogP contribution in [-0.2, 0) is 19.9 Å². The number of rotatable bonds is 3.